The molecular formula is C13H13NO4S. The Balaban J connectivity index is 3.18. The zero-order chi connectivity index (χ0) is 14.6. The summed E-state index contributed by atoms with van der Waals surface area (Å²) in [5.41, 5.74) is -0.585. The highest BCUT2D eigenvalue weighted by Gasteiger charge is 2.21. The lowest BCUT2D eigenvalue weighted by molar-refractivity contribution is -0.385. The second kappa shape index (κ2) is 5.76. The molecule has 1 aromatic rings. The molecule has 100 valence electrons. The van der Waals surface area contributed by atoms with E-state index < -0.39 is 16.5 Å². The van der Waals surface area contributed by atoms with Crippen molar-refractivity contribution in [1.82, 2.24) is 0 Å². The smallest absolute Gasteiger partial charge is 0.338 e. The molecule has 0 spiro atoms. The fraction of sp³-hybridized carbons (Fsp3) is 0.308. The van der Waals surface area contributed by atoms with Crippen LogP contribution in [0.3, 0.4) is 0 Å². The Morgan fingerprint density at radius 2 is 2.05 bits per heavy atom. The van der Waals surface area contributed by atoms with Gasteiger partial charge in [-0.25, -0.2) is 4.79 Å². The van der Waals surface area contributed by atoms with Crippen LogP contribution in [-0.4, -0.2) is 16.5 Å². The summed E-state index contributed by atoms with van der Waals surface area (Å²) in [6, 6.07) is 4.00. The van der Waals surface area contributed by atoms with Crippen molar-refractivity contribution in [2.24, 2.45) is 0 Å². The van der Waals surface area contributed by atoms with Gasteiger partial charge in [-0.2, -0.15) is 0 Å². The molecule has 0 bridgehead atoms. The molecule has 0 amide bonds. The molecule has 19 heavy (non-hydrogen) atoms. The molecule has 1 rings (SSSR count). The summed E-state index contributed by atoms with van der Waals surface area (Å²) >= 11 is 3.70. The minimum absolute atomic E-state index is 0.117. The largest absolute Gasteiger partial charge is 0.456 e. The lowest BCUT2D eigenvalue weighted by atomic mass is 10.1. The van der Waals surface area contributed by atoms with Gasteiger partial charge in [0.15, 0.2) is 0 Å². The number of nitro groups is 1. The van der Waals surface area contributed by atoms with Crippen LogP contribution in [0.2, 0.25) is 0 Å². The van der Waals surface area contributed by atoms with Gasteiger partial charge in [-0.3, -0.25) is 10.1 Å². The fourth-order valence-electron chi connectivity index (χ4n) is 1.31. The molecule has 0 saturated carbocycles. The summed E-state index contributed by atoms with van der Waals surface area (Å²) in [6.45, 7) is 5.17. The molecule has 0 aliphatic heterocycles. The minimum Gasteiger partial charge on any atom is -0.456 e. The van der Waals surface area contributed by atoms with E-state index >= 15 is 0 Å². The van der Waals surface area contributed by atoms with Crippen molar-refractivity contribution in [2.45, 2.75) is 26.4 Å². The zero-order valence-corrected chi connectivity index (χ0v) is 11.7. The van der Waals surface area contributed by atoms with Crippen molar-refractivity contribution in [3.05, 3.63) is 39.4 Å². The molecular weight excluding hydrogens is 266 g/mol. The van der Waals surface area contributed by atoms with Crippen LogP contribution in [0.25, 0.3) is 0 Å². The molecule has 0 aliphatic rings. The number of carbonyl (C=O) groups excluding carboxylic acids is 1. The average molecular weight is 279 g/mol. The average Bonchev–Trinajstić information content (AvgIpc) is 2.27. The topological polar surface area (TPSA) is 69.4 Å². The molecule has 5 nitrogen and oxygen atoms in total. The van der Waals surface area contributed by atoms with Crippen molar-refractivity contribution in [1.29, 1.82) is 0 Å². The molecule has 0 saturated heterocycles. The quantitative estimate of drug-likeness (QED) is 0.297. The zero-order valence-electron chi connectivity index (χ0n) is 10.8. The SMILES string of the molecule is CC(C)(C)OC(=O)c1ccc(C#CS)c([N+](=O)[O-])c1. The maximum absolute atomic E-state index is 11.8. The van der Waals surface area contributed by atoms with Crippen LogP contribution >= 0.6 is 12.6 Å². The Morgan fingerprint density at radius 3 is 2.53 bits per heavy atom. The number of thiol groups is 1. The maximum atomic E-state index is 11.8. The lowest BCUT2D eigenvalue weighted by Gasteiger charge is -2.19. The third-order valence-electron chi connectivity index (χ3n) is 2.02. The van der Waals surface area contributed by atoms with E-state index in [1.807, 2.05) is 0 Å². The summed E-state index contributed by atoms with van der Waals surface area (Å²) in [7, 11) is 0. The Hall–Kier alpha value is -2.00. The van der Waals surface area contributed by atoms with Crippen LogP contribution in [-0.2, 0) is 4.74 Å². The third kappa shape index (κ3) is 4.30. The number of nitrogens with zero attached hydrogens (tertiary/aromatic N) is 1. The van der Waals surface area contributed by atoms with Crippen molar-refractivity contribution in [2.75, 3.05) is 0 Å². The molecule has 0 aliphatic carbocycles. The Labute approximate surface area is 116 Å². The molecule has 0 atom stereocenters. The number of esters is 1. The second-order valence-electron chi connectivity index (χ2n) is 4.73. The predicted molar refractivity (Wildman–Crippen MR) is 74.1 cm³/mol. The van der Waals surface area contributed by atoms with E-state index in [0.717, 1.165) is 6.07 Å². The molecule has 0 radical (unpaired) electrons. The summed E-state index contributed by atoms with van der Waals surface area (Å²) < 4.78 is 5.15. The fourth-order valence-corrected chi connectivity index (χ4v) is 1.43. The highest BCUT2D eigenvalue weighted by atomic mass is 32.1. The summed E-state index contributed by atoms with van der Waals surface area (Å²) in [5, 5.41) is 13.2. The number of nitro benzene ring substituents is 1. The van der Waals surface area contributed by atoms with Gasteiger partial charge in [0.1, 0.15) is 11.2 Å². The van der Waals surface area contributed by atoms with Crippen molar-refractivity contribution in [3.8, 4) is 11.2 Å². The second-order valence-corrected chi connectivity index (χ2v) is 4.95. The number of benzene rings is 1. The van der Waals surface area contributed by atoms with Gasteiger partial charge in [0, 0.05) is 6.07 Å². The number of ether oxygens (including phenoxy) is 1. The van der Waals surface area contributed by atoms with E-state index in [1.54, 1.807) is 20.8 Å². The molecule has 1 aromatic carbocycles. The van der Waals surface area contributed by atoms with Gasteiger partial charge in [-0.15, -0.1) is 0 Å². The van der Waals surface area contributed by atoms with E-state index in [2.05, 4.69) is 23.8 Å². The molecule has 0 fully saturated rings. The number of rotatable bonds is 2. The first-order valence-electron chi connectivity index (χ1n) is 5.41. The third-order valence-corrected chi connectivity index (χ3v) is 2.13. The Morgan fingerprint density at radius 1 is 1.42 bits per heavy atom. The molecule has 0 heterocycles. The summed E-state index contributed by atoms with van der Waals surface area (Å²) in [4.78, 5) is 22.1. The molecule has 0 unspecified atom stereocenters. The van der Waals surface area contributed by atoms with Crippen LogP contribution < -0.4 is 0 Å². The van der Waals surface area contributed by atoms with Crippen LogP contribution in [0.1, 0.15) is 36.7 Å². The van der Waals surface area contributed by atoms with Crippen LogP contribution in [0.5, 0.6) is 0 Å². The lowest BCUT2D eigenvalue weighted by Crippen LogP contribution is -2.23. The molecule has 6 heteroatoms. The highest BCUT2D eigenvalue weighted by molar-refractivity contribution is 7.85. The number of hydrogen-bond acceptors (Lipinski definition) is 5. The van der Waals surface area contributed by atoms with E-state index in [-0.39, 0.29) is 16.8 Å². The Kier molecular flexibility index (Phi) is 4.57. The van der Waals surface area contributed by atoms with Gasteiger partial charge < -0.3 is 4.74 Å². The van der Waals surface area contributed by atoms with Gasteiger partial charge in [0.25, 0.3) is 5.69 Å². The van der Waals surface area contributed by atoms with E-state index in [1.165, 1.54) is 12.1 Å². The number of hydrogen-bond donors (Lipinski definition) is 1. The summed E-state index contributed by atoms with van der Waals surface area (Å²) in [5.74, 6) is 1.88. The highest BCUT2D eigenvalue weighted by Crippen LogP contribution is 2.21. The maximum Gasteiger partial charge on any atom is 0.338 e. The van der Waals surface area contributed by atoms with Crippen molar-refractivity contribution < 1.29 is 14.5 Å². The van der Waals surface area contributed by atoms with E-state index in [4.69, 9.17) is 4.74 Å². The Bertz CT molecular complexity index is 579. The first-order chi connectivity index (χ1) is 8.74. The van der Waals surface area contributed by atoms with Gasteiger partial charge >= 0.3 is 5.97 Å². The van der Waals surface area contributed by atoms with Crippen LogP contribution in [0.4, 0.5) is 5.69 Å². The van der Waals surface area contributed by atoms with Gasteiger partial charge in [0.05, 0.1) is 10.5 Å². The normalized spacial score (nSPS) is 10.3. The first kappa shape index (κ1) is 15.1. The number of carbonyl (C=O) groups is 1. The minimum atomic E-state index is -0.657. The van der Waals surface area contributed by atoms with Gasteiger partial charge in [-0.05, 0) is 44.1 Å². The monoisotopic (exact) mass is 279 g/mol. The molecule has 0 N–H and O–H groups in total. The van der Waals surface area contributed by atoms with Gasteiger partial charge in [0.2, 0.25) is 0 Å². The summed E-state index contributed by atoms with van der Waals surface area (Å²) in [6.07, 6.45) is 0. The van der Waals surface area contributed by atoms with Crippen LogP contribution in [0.15, 0.2) is 18.2 Å². The predicted octanol–water partition coefficient (Wildman–Crippen LogP) is 2.79. The first-order valence-corrected chi connectivity index (χ1v) is 5.86. The standard InChI is InChI=1S/C13H13NO4S/c1-13(2,3)18-12(15)10-5-4-9(6-7-19)11(8-10)14(16)17/h4-5,8,19H,1-3H3. The van der Waals surface area contributed by atoms with Crippen molar-refractivity contribution >= 4 is 24.3 Å². The molecule has 0 aromatic heterocycles. The van der Waals surface area contributed by atoms with Gasteiger partial charge in [-0.1, -0.05) is 12.6 Å². The van der Waals surface area contributed by atoms with E-state index in [0.29, 0.717) is 0 Å². The van der Waals surface area contributed by atoms with E-state index in [9.17, 15) is 14.9 Å². The van der Waals surface area contributed by atoms with Crippen molar-refractivity contribution in [3.63, 3.8) is 0 Å². The van der Waals surface area contributed by atoms with Crippen LogP contribution in [0, 0.1) is 21.3 Å².